The number of carbonyl (C=O) groups is 2. The Balaban J connectivity index is 1.57. The van der Waals surface area contributed by atoms with E-state index < -0.39 is 18.0 Å². The lowest BCUT2D eigenvalue weighted by Crippen LogP contribution is -2.31. The minimum absolute atomic E-state index is 0.364. The highest BCUT2D eigenvalue weighted by atomic mass is 16.6. The van der Waals surface area contributed by atoms with Crippen LogP contribution in [0.4, 0.5) is 5.69 Å². The van der Waals surface area contributed by atoms with E-state index in [2.05, 4.69) is 5.32 Å². The number of esters is 1. The highest BCUT2D eigenvalue weighted by Gasteiger charge is 2.21. The molecule has 0 heterocycles. The number of nitrogens with one attached hydrogen (secondary N) is 1. The van der Waals surface area contributed by atoms with Gasteiger partial charge in [-0.2, -0.15) is 0 Å². The summed E-state index contributed by atoms with van der Waals surface area (Å²) in [6.07, 6.45) is -0.309. The summed E-state index contributed by atoms with van der Waals surface area (Å²) in [5.74, 6) is -0.370. The maximum atomic E-state index is 12.2. The first kappa shape index (κ1) is 18.5. The van der Waals surface area contributed by atoms with E-state index in [9.17, 15) is 9.59 Å². The third-order valence-corrected chi connectivity index (χ3v) is 4.06. The molecule has 0 fully saturated rings. The SMILES string of the molecule is CC[C@@H](Oc1ccccc1)C(=O)OCC(=O)Nc1cccc2ccccc12. The molecule has 3 aromatic carbocycles. The molecule has 3 aromatic rings. The van der Waals surface area contributed by atoms with Crippen molar-refractivity contribution < 1.29 is 19.1 Å². The second-order valence-electron chi connectivity index (χ2n) is 6.01. The molecule has 5 heteroatoms. The number of hydrogen-bond acceptors (Lipinski definition) is 4. The summed E-state index contributed by atoms with van der Waals surface area (Å²) >= 11 is 0. The fraction of sp³-hybridized carbons (Fsp3) is 0.182. The van der Waals surface area contributed by atoms with Crippen LogP contribution in [0.25, 0.3) is 10.8 Å². The Hall–Kier alpha value is -3.34. The molecule has 0 unspecified atom stereocenters. The van der Waals surface area contributed by atoms with Crippen molar-refractivity contribution in [3.8, 4) is 5.75 Å². The molecule has 1 N–H and O–H groups in total. The number of amides is 1. The normalized spacial score (nSPS) is 11.6. The summed E-state index contributed by atoms with van der Waals surface area (Å²) in [6.45, 7) is 1.46. The first-order chi connectivity index (χ1) is 13.2. The molecular formula is C22H21NO4. The zero-order chi connectivity index (χ0) is 19.1. The van der Waals surface area contributed by atoms with Crippen molar-refractivity contribution in [3.63, 3.8) is 0 Å². The number of fused-ring (bicyclic) bond motifs is 1. The van der Waals surface area contributed by atoms with Gasteiger partial charge >= 0.3 is 5.97 Å². The highest BCUT2D eigenvalue weighted by molar-refractivity contribution is 6.02. The van der Waals surface area contributed by atoms with Gasteiger partial charge in [0.2, 0.25) is 0 Å². The Labute approximate surface area is 157 Å². The van der Waals surface area contributed by atoms with Crippen molar-refractivity contribution in [1.82, 2.24) is 0 Å². The van der Waals surface area contributed by atoms with Gasteiger partial charge in [0.15, 0.2) is 12.7 Å². The molecule has 5 nitrogen and oxygen atoms in total. The molecule has 138 valence electrons. The number of carbonyl (C=O) groups excluding carboxylic acids is 2. The van der Waals surface area contributed by atoms with Crippen molar-refractivity contribution in [3.05, 3.63) is 72.8 Å². The number of hydrogen-bond donors (Lipinski definition) is 1. The fourth-order valence-electron chi connectivity index (χ4n) is 2.71. The Morgan fingerprint density at radius 1 is 0.926 bits per heavy atom. The molecule has 27 heavy (non-hydrogen) atoms. The number of anilines is 1. The minimum atomic E-state index is -0.752. The van der Waals surface area contributed by atoms with Gasteiger partial charge in [0.1, 0.15) is 5.75 Å². The molecule has 0 radical (unpaired) electrons. The number of benzene rings is 3. The average Bonchev–Trinajstić information content (AvgIpc) is 2.71. The van der Waals surface area contributed by atoms with E-state index in [0.29, 0.717) is 17.9 Å². The molecule has 0 aliphatic carbocycles. The summed E-state index contributed by atoms with van der Waals surface area (Å²) in [4.78, 5) is 24.4. The Morgan fingerprint density at radius 3 is 2.41 bits per heavy atom. The topological polar surface area (TPSA) is 64.6 Å². The smallest absolute Gasteiger partial charge is 0.347 e. The standard InChI is InChI=1S/C22H21NO4/c1-2-20(27-17-11-4-3-5-12-17)22(25)26-15-21(24)23-19-14-8-10-16-9-6-7-13-18(16)19/h3-14,20H,2,15H2,1H3,(H,23,24)/t20-/m1/s1. The lowest BCUT2D eigenvalue weighted by molar-refractivity contribution is -0.154. The van der Waals surface area contributed by atoms with Crippen LogP contribution in [-0.4, -0.2) is 24.6 Å². The third-order valence-electron chi connectivity index (χ3n) is 4.06. The number of ether oxygens (including phenoxy) is 2. The number of para-hydroxylation sites is 1. The largest absolute Gasteiger partial charge is 0.479 e. The molecular weight excluding hydrogens is 342 g/mol. The molecule has 3 rings (SSSR count). The zero-order valence-corrected chi connectivity index (χ0v) is 15.1. The fourth-order valence-corrected chi connectivity index (χ4v) is 2.71. The monoisotopic (exact) mass is 363 g/mol. The molecule has 0 bridgehead atoms. The Morgan fingerprint density at radius 2 is 1.63 bits per heavy atom. The van der Waals surface area contributed by atoms with E-state index in [1.807, 2.05) is 67.6 Å². The van der Waals surface area contributed by atoms with E-state index in [4.69, 9.17) is 9.47 Å². The van der Waals surface area contributed by atoms with Crippen LogP contribution >= 0.6 is 0 Å². The van der Waals surface area contributed by atoms with Gasteiger partial charge in [-0.25, -0.2) is 4.79 Å². The summed E-state index contributed by atoms with van der Waals surface area (Å²) in [6, 6.07) is 22.4. The molecule has 1 amide bonds. The second-order valence-corrected chi connectivity index (χ2v) is 6.01. The first-order valence-corrected chi connectivity index (χ1v) is 8.83. The van der Waals surface area contributed by atoms with Crippen LogP contribution in [0, 0.1) is 0 Å². The van der Waals surface area contributed by atoms with Gasteiger partial charge in [0.25, 0.3) is 5.91 Å². The predicted molar refractivity (Wildman–Crippen MR) is 105 cm³/mol. The highest BCUT2D eigenvalue weighted by Crippen LogP contribution is 2.22. The van der Waals surface area contributed by atoms with Crippen molar-refractivity contribution in [2.45, 2.75) is 19.4 Å². The Bertz CT molecular complexity index is 919. The molecule has 0 saturated heterocycles. The van der Waals surface area contributed by atoms with E-state index in [1.165, 1.54) is 0 Å². The summed E-state index contributed by atoms with van der Waals surface area (Å²) < 4.78 is 10.8. The van der Waals surface area contributed by atoms with Crippen molar-refractivity contribution >= 4 is 28.3 Å². The van der Waals surface area contributed by atoms with Crippen LogP contribution in [0.5, 0.6) is 5.75 Å². The predicted octanol–water partition coefficient (Wildman–Crippen LogP) is 4.18. The van der Waals surface area contributed by atoms with E-state index in [1.54, 1.807) is 12.1 Å². The first-order valence-electron chi connectivity index (χ1n) is 8.83. The van der Waals surface area contributed by atoms with E-state index in [-0.39, 0.29) is 6.61 Å². The number of rotatable bonds is 7. The van der Waals surface area contributed by atoms with Gasteiger partial charge in [0.05, 0.1) is 0 Å². The van der Waals surface area contributed by atoms with Crippen molar-refractivity contribution in [2.24, 2.45) is 0 Å². The average molecular weight is 363 g/mol. The van der Waals surface area contributed by atoms with Crippen molar-refractivity contribution in [1.29, 1.82) is 0 Å². The van der Waals surface area contributed by atoms with Crippen LogP contribution in [0.2, 0.25) is 0 Å². The minimum Gasteiger partial charge on any atom is -0.479 e. The van der Waals surface area contributed by atoms with Crippen LogP contribution in [0.3, 0.4) is 0 Å². The molecule has 0 spiro atoms. The van der Waals surface area contributed by atoms with Crippen LogP contribution in [0.1, 0.15) is 13.3 Å². The summed E-state index contributed by atoms with van der Waals surface area (Å²) in [7, 11) is 0. The van der Waals surface area contributed by atoms with Crippen LogP contribution in [0.15, 0.2) is 72.8 Å². The molecule has 0 aliphatic rings. The lowest BCUT2D eigenvalue weighted by atomic mass is 10.1. The van der Waals surface area contributed by atoms with Gasteiger partial charge in [-0.05, 0) is 30.0 Å². The van der Waals surface area contributed by atoms with Gasteiger partial charge in [-0.15, -0.1) is 0 Å². The maximum Gasteiger partial charge on any atom is 0.347 e. The third kappa shape index (κ3) is 4.85. The molecule has 1 atom stereocenters. The van der Waals surface area contributed by atoms with E-state index >= 15 is 0 Å². The van der Waals surface area contributed by atoms with Crippen LogP contribution in [-0.2, 0) is 14.3 Å². The summed E-state index contributed by atoms with van der Waals surface area (Å²) in [5.41, 5.74) is 0.682. The molecule has 0 aliphatic heterocycles. The van der Waals surface area contributed by atoms with Gasteiger partial charge in [-0.1, -0.05) is 61.5 Å². The molecule has 0 saturated carbocycles. The van der Waals surface area contributed by atoms with Gasteiger partial charge in [0, 0.05) is 11.1 Å². The van der Waals surface area contributed by atoms with Crippen LogP contribution < -0.4 is 10.1 Å². The second kappa shape index (κ2) is 8.85. The van der Waals surface area contributed by atoms with Gasteiger partial charge < -0.3 is 14.8 Å². The van der Waals surface area contributed by atoms with Crippen molar-refractivity contribution in [2.75, 3.05) is 11.9 Å². The molecule has 0 aromatic heterocycles. The lowest BCUT2D eigenvalue weighted by Gasteiger charge is -2.16. The maximum absolute atomic E-state index is 12.2. The van der Waals surface area contributed by atoms with Gasteiger partial charge in [-0.3, -0.25) is 4.79 Å². The van der Waals surface area contributed by atoms with E-state index in [0.717, 1.165) is 10.8 Å². The zero-order valence-electron chi connectivity index (χ0n) is 15.1. The summed E-state index contributed by atoms with van der Waals surface area (Å²) in [5, 5.41) is 4.74. The quantitative estimate of drug-likeness (QED) is 0.640. The Kier molecular flexibility index (Phi) is 6.05.